The van der Waals surface area contributed by atoms with Crippen LogP contribution in [-0.4, -0.2) is 15.0 Å². The molecule has 0 spiro atoms. The van der Waals surface area contributed by atoms with Gasteiger partial charge in [-0.2, -0.15) is 5.10 Å². The van der Waals surface area contributed by atoms with Gasteiger partial charge in [0, 0.05) is 39.8 Å². The van der Waals surface area contributed by atoms with Crippen LogP contribution in [0, 0.1) is 6.20 Å². The van der Waals surface area contributed by atoms with Crippen molar-refractivity contribution in [1.29, 1.82) is 0 Å². The van der Waals surface area contributed by atoms with Crippen LogP contribution in [0.3, 0.4) is 0 Å². The number of nitrogens with two attached hydrogens (primary N) is 1. The Labute approximate surface area is 72.3 Å². The van der Waals surface area contributed by atoms with Gasteiger partial charge >= 0.3 is 0 Å². The summed E-state index contributed by atoms with van der Waals surface area (Å²) < 4.78 is 0. The Morgan fingerprint density at radius 3 is 2.50 bits per heavy atom. The third-order valence-corrected chi connectivity index (χ3v) is 0.562. The van der Waals surface area contributed by atoms with Crippen LogP contribution in [0.25, 0.3) is 0 Å². The van der Waals surface area contributed by atoms with Gasteiger partial charge in [0.1, 0.15) is 0 Å². The smallest absolute Gasteiger partial charge is 0.0463 e. The molecule has 0 saturated heterocycles. The monoisotopic (exact) mass is 186 g/mol. The fourth-order valence-electron chi connectivity index (χ4n) is 0.324. The Hall–Kier alpha value is 0.0439. The number of hydrogen-bond acceptors (Lipinski definition) is 3. The van der Waals surface area contributed by atoms with Gasteiger partial charge in [0.25, 0.3) is 0 Å². The molecule has 0 atom stereocenters. The summed E-state index contributed by atoms with van der Waals surface area (Å²) in [4.78, 5) is 1.36. The summed E-state index contributed by atoms with van der Waals surface area (Å²) in [6, 6.07) is 0. The Balaban J connectivity index is 0.000000490. The Morgan fingerprint density at radius 2 is 2.38 bits per heavy atom. The van der Waals surface area contributed by atoms with Gasteiger partial charge in [-0.1, -0.05) is 0 Å². The van der Waals surface area contributed by atoms with Crippen molar-refractivity contribution in [2.45, 2.75) is 0 Å². The summed E-state index contributed by atoms with van der Waals surface area (Å²) in [7, 11) is 1.69. The van der Waals surface area contributed by atoms with Gasteiger partial charge in [0.2, 0.25) is 0 Å². The molecule has 0 aromatic carbocycles. The zero-order valence-electron chi connectivity index (χ0n) is 4.50. The van der Waals surface area contributed by atoms with E-state index in [9.17, 15) is 0 Å². The topological polar surface area (TPSA) is 56.7 Å². The molecule has 1 aromatic rings. The molecule has 8 heavy (non-hydrogen) atoms. The molecular weight excluding hydrogens is 181 g/mol. The molecule has 0 amide bonds. The van der Waals surface area contributed by atoms with Crippen molar-refractivity contribution in [3.05, 3.63) is 6.20 Å². The van der Waals surface area contributed by atoms with Crippen LogP contribution < -0.4 is 5.73 Å². The van der Waals surface area contributed by atoms with E-state index in [0.717, 1.165) is 0 Å². The number of nitrogen functional groups attached to an aromatic ring is 1. The molecule has 1 rings (SSSR count). The van der Waals surface area contributed by atoms with E-state index in [-0.39, 0.29) is 32.7 Å². The second-order valence-electron chi connectivity index (χ2n) is 1.19. The number of aromatic nitrogens is 3. The van der Waals surface area contributed by atoms with Crippen molar-refractivity contribution in [2.24, 2.45) is 7.05 Å². The van der Waals surface area contributed by atoms with Crippen molar-refractivity contribution in [1.82, 2.24) is 15.0 Å². The molecule has 0 aliphatic rings. The molecule has 1 heterocycles. The van der Waals surface area contributed by atoms with Gasteiger partial charge in [0.05, 0.1) is 0 Å². The quantitative estimate of drug-likeness (QED) is 0.539. The van der Waals surface area contributed by atoms with Crippen LogP contribution in [0.2, 0.25) is 0 Å². The molecule has 4 nitrogen and oxygen atoms in total. The first-order valence-corrected chi connectivity index (χ1v) is 1.83. The predicted molar refractivity (Wildman–Crippen MR) is 24.3 cm³/mol. The fourth-order valence-corrected chi connectivity index (χ4v) is 0.324. The summed E-state index contributed by atoms with van der Waals surface area (Å²) in [6.07, 6.45) is 2.45. The van der Waals surface area contributed by atoms with E-state index in [1.165, 1.54) is 4.80 Å². The zero-order valence-corrected chi connectivity index (χ0v) is 7.33. The molecule has 0 aliphatic heterocycles. The maximum absolute atomic E-state index is 5.13. The number of aryl methyl sites for hydroxylation is 1. The van der Waals surface area contributed by atoms with Crippen LogP contribution in [0.4, 0.5) is 5.82 Å². The maximum Gasteiger partial charge on any atom is 0.0463 e. The average molecular weight is 186 g/mol. The SMILES string of the molecule is Cn1n[c-]c(N)n1.[Y]. The first-order chi connectivity index (χ1) is 3.29. The molecule has 2 N–H and O–H groups in total. The zero-order chi connectivity index (χ0) is 5.28. The van der Waals surface area contributed by atoms with E-state index in [2.05, 4.69) is 16.4 Å². The van der Waals surface area contributed by atoms with E-state index < -0.39 is 0 Å². The van der Waals surface area contributed by atoms with Crippen LogP contribution in [0.1, 0.15) is 0 Å². The van der Waals surface area contributed by atoms with E-state index in [1.807, 2.05) is 0 Å². The summed E-state index contributed by atoms with van der Waals surface area (Å²) in [5, 5.41) is 7.21. The normalized spacial score (nSPS) is 8.12. The number of hydrogen-bond donors (Lipinski definition) is 1. The van der Waals surface area contributed by atoms with Crippen molar-refractivity contribution < 1.29 is 32.7 Å². The molecule has 5 heteroatoms. The minimum absolute atomic E-state index is 0. The second-order valence-corrected chi connectivity index (χ2v) is 1.19. The van der Waals surface area contributed by atoms with Gasteiger partial charge in [-0.15, -0.1) is 0 Å². The summed E-state index contributed by atoms with van der Waals surface area (Å²) in [5.74, 6) is 0.336. The predicted octanol–water partition coefficient (Wildman–Crippen LogP) is -0.805. The van der Waals surface area contributed by atoms with Crippen LogP contribution in [-0.2, 0) is 39.8 Å². The Morgan fingerprint density at radius 1 is 1.75 bits per heavy atom. The standard InChI is InChI=1S/C3H5N4.Y/c1-7-5-2-3(4)6-7;/h1H3,(H2,4,6);/q-1;. The van der Waals surface area contributed by atoms with Crippen LogP contribution in [0.15, 0.2) is 0 Å². The first-order valence-electron chi connectivity index (χ1n) is 1.83. The molecule has 0 unspecified atom stereocenters. The van der Waals surface area contributed by atoms with Crippen molar-refractivity contribution in [3.63, 3.8) is 0 Å². The second kappa shape index (κ2) is 3.15. The van der Waals surface area contributed by atoms with E-state index >= 15 is 0 Å². The third-order valence-electron chi connectivity index (χ3n) is 0.562. The molecule has 0 bridgehead atoms. The van der Waals surface area contributed by atoms with Crippen LogP contribution in [0.5, 0.6) is 0 Å². The molecule has 41 valence electrons. The van der Waals surface area contributed by atoms with Gasteiger partial charge in [-0.25, -0.2) is 4.80 Å². The van der Waals surface area contributed by atoms with E-state index in [1.54, 1.807) is 7.05 Å². The average Bonchev–Trinajstić information content (AvgIpc) is 1.87. The number of nitrogens with zero attached hydrogens (tertiary/aromatic N) is 3. The summed E-state index contributed by atoms with van der Waals surface area (Å²) in [6.45, 7) is 0. The molecule has 0 saturated carbocycles. The fraction of sp³-hybridized carbons (Fsp3) is 0.333. The van der Waals surface area contributed by atoms with Crippen LogP contribution >= 0.6 is 0 Å². The first kappa shape index (κ1) is 8.04. The van der Waals surface area contributed by atoms with Gasteiger partial charge < -0.3 is 10.8 Å². The largest absolute Gasteiger partial charge is 0.410 e. The van der Waals surface area contributed by atoms with Gasteiger partial charge in [-0.3, -0.25) is 6.20 Å². The number of rotatable bonds is 0. The molecule has 1 aromatic heterocycles. The van der Waals surface area contributed by atoms with Crippen molar-refractivity contribution in [2.75, 3.05) is 5.73 Å². The van der Waals surface area contributed by atoms with E-state index in [0.29, 0.717) is 5.82 Å². The van der Waals surface area contributed by atoms with Crippen molar-refractivity contribution >= 4 is 5.82 Å². The minimum atomic E-state index is 0. The summed E-state index contributed by atoms with van der Waals surface area (Å²) in [5.41, 5.74) is 5.13. The minimum Gasteiger partial charge on any atom is -0.410 e. The van der Waals surface area contributed by atoms with Gasteiger partial charge in [-0.05, 0) is 5.82 Å². The molecule has 0 fully saturated rings. The third kappa shape index (κ3) is 1.88. The molecule has 0 aliphatic carbocycles. The molecular formula is C3H5N4Y-. The number of anilines is 1. The van der Waals surface area contributed by atoms with E-state index in [4.69, 9.17) is 5.73 Å². The molecule has 1 radical (unpaired) electrons. The Kier molecular flexibility index (Phi) is 3.16. The summed E-state index contributed by atoms with van der Waals surface area (Å²) >= 11 is 0. The maximum atomic E-state index is 5.13. The van der Waals surface area contributed by atoms with Crippen molar-refractivity contribution in [3.8, 4) is 0 Å². The Bertz CT molecular complexity index is 144. The van der Waals surface area contributed by atoms with Gasteiger partial charge in [0.15, 0.2) is 0 Å².